The molecular weight excluding hydrogens is 765 g/mol. The van der Waals surface area contributed by atoms with Crippen LogP contribution in [-0.4, -0.2) is 119 Å². The van der Waals surface area contributed by atoms with Gasteiger partial charge in [-0.3, -0.25) is 29.0 Å². The van der Waals surface area contributed by atoms with Crippen molar-refractivity contribution in [3.05, 3.63) is 79.6 Å². The monoisotopic (exact) mass is 830 g/mol. The largest absolute Gasteiger partial charge is 0.396 e. The van der Waals surface area contributed by atoms with E-state index in [1.165, 1.54) is 0 Å². The Kier molecular flexibility index (Phi) is 14.6. The molecule has 60 heavy (non-hydrogen) atoms. The average Bonchev–Trinajstić information content (AvgIpc) is 3.99. The van der Waals surface area contributed by atoms with Gasteiger partial charge in [0, 0.05) is 125 Å². The Balaban J connectivity index is 0.000000181. The van der Waals surface area contributed by atoms with Gasteiger partial charge in [-0.05, 0) is 89.5 Å². The summed E-state index contributed by atoms with van der Waals surface area (Å²) in [5.74, 6) is 0.604. The summed E-state index contributed by atoms with van der Waals surface area (Å²) in [4.78, 5) is 56.7. The van der Waals surface area contributed by atoms with Crippen molar-refractivity contribution in [2.75, 3.05) is 65.8 Å². The van der Waals surface area contributed by atoms with Gasteiger partial charge in [-0.2, -0.15) is 0 Å². The molecule has 0 aliphatic carbocycles. The smallest absolute Gasteiger partial charge is 0.258 e. The fourth-order valence-electron chi connectivity index (χ4n) is 11.3. The fourth-order valence-corrected chi connectivity index (χ4v) is 11.3. The molecule has 0 spiro atoms. The number of fused-ring (bicyclic) bond motifs is 6. The van der Waals surface area contributed by atoms with Crippen LogP contribution in [0.1, 0.15) is 88.0 Å². The molecular formula is C46H66N6O8. The number of carbonyl (C=O) groups is 2. The Bertz CT molecular complexity index is 1860. The number of likely N-dealkylation sites (N-methyl/N-ethyl adjacent to an activating group) is 2. The SMILES string of the molecule is C/C=C/c1ccc2n(c1=O)C[C@H]1[C@H](CO)[C@@H](C(=O)NCC)N(CC3CCOCC3)[C@@H]21.C/C=C\c1ccc2n(c1=O)C[C@H]1[C@H](CO)[C@@H](C(=O)NCC)N(CC3CCOCC3)[C@@H]21. The third-order valence-electron chi connectivity index (χ3n) is 14.0. The minimum Gasteiger partial charge on any atom is -0.396 e. The van der Waals surface area contributed by atoms with Crippen LogP contribution in [0.15, 0.2) is 46.0 Å². The van der Waals surface area contributed by atoms with Gasteiger partial charge in [0.2, 0.25) is 11.8 Å². The molecule has 4 saturated heterocycles. The lowest BCUT2D eigenvalue weighted by molar-refractivity contribution is -0.128. The molecule has 4 N–H and O–H groups in total. The highest BCUT2D eigenvalue weighted by atomic mass is 16.5. The number of likely N-dealkylation sites (tertiary alicyclic amines) is 2. The number of pyridine rings is 2. The van der Waals surface area contributed by atoms with Gasteiger partial charge in [0.05, 0.1) is 24.2 Å². The summed E-state index contributed by atoms with van der Waals surface area (Å²) in [5, 5.41) is 26.5. The third-order valence-corrected chi connectivity index (χ3v) is 14.0. The molecule has 2 aromatic heterocycles. The molecule has 8 rings (SSSR count). The number of allylic oxidation sites excluding steroid dienone is 2. The maximum atomic E-state index is 13.0. The first-order valence-electron chi connectivity index (χ1n) is 22.4. The molecule has 4 fully saturated rings. The number of hydrogen-bond donors (Lipinski definition) is 4. The van der Waals surface area contributed by atoms with Crippen LogP contribution >= 0.6 is 0 Å². The van der Waals surface area contributed by atoms with Crippen LogP contribution in [0.5, 0.6) is 0 Å². The normalized spacial score (nSPS) is 29.3. The fraction of sp³-hybridized carbons (Fsp3) is 0.652. The molecule has 2 amide bonds. The van der Waals surface area contributed by atoms with Crippen LogP contribution in [0.3, 0.4) is 0 Å². The molecule has 328 valence electrons. The first-order chi connectivity index (χ1) is 29.2. The molecule has 0 unspecified atom stereocenters. The molecule has 8 atom stereocenters. The zero-order chi connectivity index (χ0) is 42.5. The molecule has 2 aromatic rings. The maximum absolute atomic E-state index is 13.0. The van der Waals surface area contributed by atoms with Gasteiger partial charge in [-0.25, -0.2) is 0 Å². The maximum Gasteiger partial charge on any atom is 0.258 e. The van der Waals surface area contributed by atoms with Gasteiger partial charge in [-0.1, -0.05) is 24.3 Å². The van der Waals surface area contributed by atoms with Gasteiger partial charge in [0.25, 0.3) is 11.1 Å². The predicted molar refractivity (Wildman–Crippen MR) is 230 cm³/mol. The van der Waals surface area contributed by atoms with Gasteiger partial charge in [0.1, 0.15) is 0 Å². The Hall–Kier alpha value is -3.92. The number of aliphatic hydroxyl groups is 2. The van der Waals surface area contributed by atoms with Crippen molar-refractivity contribution in [2.45, 2.75) is 90.6 Å². The van der Waals surface area contributed by atoms with Gasteiger partial charge in [-0.15, -0.1) is 0 Å². The number of amides is 2. The summed E-state index contributed by atoms with van der Waals surface area (Å²) in [6.07, 6.45) is 11.3. The summed E-state index contributed by atoms with van der Waals surface area (Å²) in [7, 11) is 0. The van der Waals surface area contributed by atoms with Crippen molar-refractivity contribution >= 4 is 24.0 Å². The standard InChI is InChI=1S/2C23H33N3O4/c2*1-3-5-16-6-7-19-20-17(13-25(19)23(16)29)18(14-27)21(22(28)24-4-2)26(20)12-15-8-10-30-11-9-15/h2*3,5-7,15,17-18,20-21,27H,4,8-14H2,1-2H3,(H,24,28)/b5-3+;5-3-/t2*17-,18-,20+,21-/m00/s1. The van der Waals surface area contributed by atoms with Gasteiger partial charge >= 0.3 is 0 Å². The number of aromatic nitrogens is 2. The molecule has 0 radical (unpaired) electrons. The van der Waals surface area contributed by atoms with Crippen LogP contribution in [-0.2, 0) is 32.2 Å². The summed E-state index contributed by atoms with van der Waals surface area (Å²) >= 11 is 0. The van der Waals surface area contributed by atoms with E-state index < -0.39 is 0 Å². The van der Waals surface area contributed by atoms with Gasteiger partial charge < -0.3 is 39.5 Å². The van der Waals surface area contributed by atoms with E-state index in [-0.39, 0.29) is 84.0 Å². The van der Waals surface area contributed by atoms with Crippen LogP contribution in [0.2, 0.25) is 0 Å². The summed E-state index contributed by atoms with van der Waals surface area (Å²) in [6.45, 7) is 14.4. The molecule has 6 aliphatic rings. The zero-order valence-electron chi connectivity index (χ0n) is 35.8. The molecule has 0 saturated carbocycles. The highest BCUT2D eigenvalue weighted by Gasteiger charge is 2.57. The lowest BCUT2D eigenvalue weighted by atomic mass is 9.88. The number of hydrogen-bond acceptors (Lipinski definition) is 10. The second-order valence-electron chi connectivity index (χ2n) is 17.4. The van der Waals surface area contributed by atoms with Crippen LogP contribution < -0.4 is 21.8 Å². The van der Waals surface area contributed by atoms with E-state index in [2.05, 4.69) is 20.4 Å². The molecule has 0 bridgehead atoms. The minimum absolute atomic E-state index is 0.0114. The van der Waals surface area contributed by atoms with Crippen molar-refractivity contribution in [3.8, 4) is 0 Å². The van der Waals surface area contributed by atoms with E-state index in [4.69, 9.17) is 9.47 Å². The third kappa shape index (κ3) is 8.48. The average molecular weight is 831 g/mol. The number of nitrogens with zero attached hydrogens (tertiary/aromatic N) is 4. The van der Waals surface area contributed by atoms with E-state index >= 15 is 0 Å². The van der Waals surface area contributed by atoms with Crippen molar-refractivity contribution < 1.29 is 29.3 Å². The number of ether oxygens (including phenoxy) is 2. The van der Waals surface area contributed by atoms with Crippen LogP contribution in [0.25, 0.3) is 12.2 Å². The molecule has 6 aliphatic heterocycles. The Morgan fingerprint density at radius 1 is 0.667 bits per heavy atom. The number of rotatable bonds is 12. The molecule has 14 nitrogen and oxygen atoms in total. The number of aliphatic hydroxyl groups excluding tert-OH is 2. The van der Waals surface area contributed by atoms with E-state index in [0.717, 1.165) is 76.6 Å². The number of carbonyl (C=O) groups excluding carboxylic acids is 2. The number of nitrogens with one attached hydrogen (secondary N) is 2. The van der Waals surface area contributed by atoms with Crippen LogP contribution in [0.4, 0.5) is 0 Å². The topological polar surface area (TPSA) is 168 Å². The van der Waals surface area contributed by atoms with Crippen molar-refractivity contribution in [2.24, 2.45) is 35.5 Å². The molecule has 0 aromatic carbocycles. The van der Waals surface area contributed by atoms with Gasteiger partial charge in [0.15, 0.2) is 0 Å². The van der Waals surface area contributed by atoms with E-state index in [1.54, 1.807) is 0 Å². The highest BCUT2D eigenvalue weighted by molar-refractivity contribution is 5.83. The first-order valence-corrected chi connectivity index (χ1v) is 22.4. The van der Waals surface area contributed by atoms with Crippen molar-refractivity contribution in [1.82, 2.24) is 29.6 Å². The quantitative estimate of drug-likeness (QED) is 0.250. The first kappa shape index (κ1) is 44.1. The summed E-state index contributed by atoms with van der Waals surface area (Å²) < 4.78 is 14.8. The molecule has 8 heterocycles. The Morgan fingerprint density at radius 3 is 1.38 bits per heavy atom. The van der Waals surface area contributed by atoms with E-state index in [9.17, 15) is 29.4 Å². The van der Waals surface area contributed by atoms with E-state index in [1.807, 2.05) is 85.4 Å². The Labute approximate surface area is 353 Å². The second-order valence-corrected chi connectivity index (χ2v) is 17.4. The summed E-state index contributed by atoms with van der Waals surface area (Å²) in [5.41, 5.74) is 3.32. The van der Waals surface area contributed by atoms with Crippen molar-refractivity contribution in [3.63, 3.8) is 0 Å². The minimum atomic E-state index is -0.369. The Morgan fingerprint density at radius 2 is 1.05 bits per heavy atom. The molecule has 14 heteroatoms. The van der Waals surface area contributed by atoms with Crippen LogP contribution in [0, 0.1) is 35.5 Å². The predicted octanol–water partition coefficient (Wildman–Crippen LogP) is 2.82. The van der Waals surface area contributed by atoms with Crippen molar-refractivity contribution in [1.29, 1.82) is 0 Å². The zero-order valence-corrected chi connectivity index (χ0v) is 35.8. The van der Waals surface area contributed by atoms with E-state index in [0.29, 0.717) is 49.1 Å². The lowest BCUT2D eigenvalue weighted by Gasteiger charge is -2.34. The lowest BCUT2D eigenvalue weighted by Crippen LogP contribution is -2.49. The highest BCUT2D eigenvalue weighted by Crippen LogP contribution is 2.51. The second kappa shape index (κ2) is 19.9. The summed E-state index contributed by atoms with van der Waals surface area (Å²) in [6, 6.07) is 7.06.